The van der Waals surface area contributed by atoms with Gasteiger partial charge in [0.25, 0.3) is 0 Å². The number of benzene rings is 1. The third-order valence-electron chi connectivity index (χ3n) is 3.27. The van der Waals surface area contributed by atoms with E-state index >= 15 is 0 Å². The van der Waals surface area contributed by atoms with Crippen LogP contribution in [0.5, 0.6) is 5.75 Å². The van der Waals surface area contributed by atoms with Crippen molar-refractivity contribution in [1.29, 1.82) is 0 Å². The molecule has 5 heteroatoms. The standard InChI is InChI=1S/C14H22N2O3/c1-9(2)19-14-8-12(10(3)11(4)15-5)6-7-13(14)16(17)18/h6-11,15H,1-5H3. The van der Waals surface area contributed by atoms with E-state index in [2.05, 4.69) is 19.2 Å². The third kappa shape index (κ3) is 3.92. The Bertz CT molecular complexity index is 446. The molecule has 0 saturated carbocycles. The first-order valence-electron chi connectivity index (χ1n) is 6.49. The monoisotopic (exact) mass is 266 g/mol. The maximum atomic E-state index is 11.0. The summed E-state index contributed by atoms with van der Waals surface area (Å²) in [6, 6.07) is 5.38. The Labute approximate surface area is 114 Å². The first kappa shape index (κ1) is 15.4. The Morgan fingerprint density at radius 3 is 2.37 bits per heavy atom. The molecule has 0 fully saturated rings. The van der Waals surface area contributed by atoms with Gasteiger partial charge in [-0.3, -0.25) is 10.1 Å². The average Bonchev–Trinajstić information content (AvgIpc) is 2.35. The molecule has 2 atom stereocenters. The molecule has 0 aliphatic carbocycles. The predicted octanol–water partition coefficient (Wildman–Crippen LogP) is 3.09. The van der Waals surface area contributed by atoms with Crippen molar-refractivity contribution in [3.63, 3.8) is 0 Å². The topological polar surface area (TPSA) is 64.4 Å². The van der Waals surface area contributed by atoms with Crippen LogP contribution in [-0.4, -0.2) is 24.1 Å². The Hall–Kier alpha value is -1.62. The molecule has 0 aliphatic rings. The van der Waals surface area contributed by atoms with Crippen molar-refractivity contribution in [2.24, 2.45) is 0 Å². The lowest BCUT2D eigenvalue weighted by atomic mass is 9.94. The molecule has 0 radical (unpaired) electrons. The van der Waals surface area contributed by atoms with E-state index in [1.54, 1.807) is 12.1 Å². The van der Waals surface area contributed by atoms with Crippen molar-refractivity contribution in [3.05, 3.63) is 33.9 Å². The molecule has 106 valence electrons. The summed E-state index contributed by atoms with van der Waals surface area (Å²) in [6.07, 6.45) is -0.0917. The normalized spacial score (nSPS) is 14.2. The van der Waals surface area contributed by atoms with Gasteiger partial charge in [0.2, 0.25) is 0 Å². The summed E-state index contributed by atoms with van der Waals surface area (Å²) >= 11 is 0. The van der Waals surface area contributed by atoms with E-state index in [-0.39, 0.29) is 23.8 Å². The molecule has 1 rings (SSSR count). The van der Waals surface area contributed by atoms with E-state index in [0.29, 0.717) is 5.75 Å². The minimum Gasteiger partial charge on any atom is -0.484 e. The second-order valence-corrected chi connectivity index (χ2v) is 5.02. The smallest absolute Gasteiger partial charge is 0.310 e. The lowest BCUT2D eigenvalue weighted by molar-refractivity contribution is -0.386. The summed E-state index contributed by atoms with van der Waals surface area (Å²) in [4.78, 5) is 10.6. The number of nitrogens with one attached hydrogen (secondary N) is 1. The SMILES string of the molecule is CNC(C)C(C)c1ccc([N+](=O)[O-])c(OC(C)C)c1. The van der Waals surface area contributed by atoms with Crippen LogP contribution in [0.1, 0.15) is 39.2 Å². The zero-order valence-electron chi connectivity index (χ0n) is 12.1. The van der Waals surface area contributed by atoms with Crippen molar-refractivity contribution >= 4 is 5.69 Å². The van der Waals surface area contributed by atoms with Gasteiger partial charge in [0.15, 0.2) is 5.75 Å². The highest BCUT2D eigenvalue weighted by atomic mass is 16.6. The molecule has 0 aliphatic heterocycles. The van der Waals surface area contributed by atoms with Gasteiger partial charge < -0.3 is 10.1 Å². The van der Waals surface area contributed by atoms with Crippen LogP contribution in [0.3, 0.4) is 0 Å². The van der Waals surface area contributed by atoms with Crippen LogP contribution >= 0.6 is 0 Å². The van der Waals surface area contributed by atoms with Gasteiger partial charge in [-0.05, 0) is 45.4 Å². The first-order chi connectivity index (χ1) is 8.86. The van der Waals surface area contributed by atoms with Gasteiger partial charge in [0, 0.05) is 12.1 Å². The number of rotatable bonds is 6. The minimum atomic E-state index is -0.409. The summed E-state index contributed by atoms with van der Waals surface area (Å²) in [5.74, 6) is 0.591. The number of nitrogens with zero attached hydrogens (tertiary/aromatic N) is 1. The molecule has 0 aromatic heterocycles. The predicted molar refractivity (Wildman–Crippen MR) is 75.8 cm³/mol. The van der Waals surface area contributed by atoms with E-state index in [9.17, 15) is 10.1 Å². The molecule has 0 amide bonds. The fourth-order valence-electron chi connectivity index (χ4n) is 1.85. The molecule has 5 nitrogen and oxygen atoms in total. The van der Waals surface area contributed by atoms with E-state index in [0.717, 1.165) is 5.56 Å². The van der Waals surface area contributed by atoms with Crippen molar-refractivity contribution in [3.8, 4) is 5.75 Å². The lowest BCUT2D eigenvalue weighted by Gasteiger charge is -2.20. The average molecular weight is 266 g/mol. The van der Waals surface area contributed by atoms with Crippen LogP contribution in [0.25, 0.3) is 0 Å². The van der Waals surface area contributed by atoms with Crippen LogP contribution in [-0.2, 0) is 0 Å². The molecule has 1 aromatic rings. The van der Waals surface area contributed by atoms with Crippen molar-refractivity contribution in [1.82, 2.24) is 5.32 Å². The number of nitro benzene ring substituents is 1. The summed E-state index contributed by atoms with van der Waals surface area (Å²) < 4.78 is 5.55. The van der Waals surface area contributed by atoms with Gasteiger partial charge in [0.05, 0.1) is 11.0 Å². The van der Waals surface area contributed by atoms with Gasteiger partial charge in [0.1, 0.15) is 0 Å². The van der Waals surface area contributed by atoms with E-state index in [4.69, 9.17) is 4.74 Å². The fourth-order valence-corrected chi connectivity index (χ4v) is 1.85. The summed E-state index contributed by atoms with van der Waals surface area (Å²) in [5, 5.41) is 14.2. The van der Waals surface area contributed by atoms with E-state index in [1.165, 1.54) is 6.07 Å². The lowest BCUT2D eigenvalue weighted by Crippen LogP contribution is -2.27. The molecule has 1 aromatic carbocycles. The van der Waals surface area contributed by atoms with Gasteiger partial charge >= 0.3 is 5.69 Å². The molecule has 0 heterocycles. The maximum absolute atomic E-state index is 11.0. The van der Waals surface area contributed by atoms with E-state index in [1.807, 2.05) is 20.9 Å². The second-order valence-electron chi connectivity index (χ2n) is 5.02. The molecule has 0 bridgehead atoms. The zero-order valence-corrected chi connectivity index (χ0v) is 12.1. The Balaban J connectivity index is 3.14. The molecule has 1 N–H and O–H groups in total. The molecule has 0 saturated heterocycles. The van der Waals surface area contributed by atoms with Gasteiger partial charge in [-0.25, -0.2) is 0 Å². The number of hydrogen-bond acceptors (Lipinski definition) is 4. The number of hydrogen-bond donors (Lipinski definition) is 1. The van der Waals surface area contributed by atoms with E-state index < -0.39 is 4.92 Å². The van der Waals surface area contributed by atoms with Crippen LogP contribution in [0.15, 0.2) is 18.2 Å². The molecule has 0 spiro atoms. The Morgan fingerprint density at radius 1 is 1.26 bits per heavy atom. The fraction of sp³-hybridized carbons (Fsp3) is 0.571. The highest BCUT2D eigenvalue weighted by Gasteiger charge is 2.20. The Kier molecular flexibility index (Phi) is 5.30. The van der Waals surface area contributed by atoms with Crippen LogP contribution in [0.2, 0.25) is 0 Å². The molecular weight excluding hydrogens is 244 g/mol. The number of likely N-dealkylation sites (N-methyl/N-ethyl adjacent to an activating group) is 1. The highest BCUT2D eigenvalue weighted by Crippen LogP contribution is 2.32. The highest BCUT2D eigenvalue weighted by molar-refractivity contribution is 5.49. The van der Waals surface area contributed by atoms with Crippen molar-refractivity contribution in [2.45, 2.75) is 45.8 Å². The summed E-state index contributed by atoms with van der Waals surface area (Å²) in [5.41, 5.74) is 1.05. The van der Waals surface area contributed by atoms with Crippen LogP contribution in [0.4, 0.5) is 5.69 Å². The third-order valence-corrected chi connectivity index (χ3v) is 3.27. The Morgan fingerprint density at radius 2 is 1.89 bits per heavy atom. The molecular formula is C14H22N2O3. The number of nitro groups is 1. The minimum absolute atomic E-state index is 0.0155. The van der Waals surface area contributed by atoms with Crippen LogP contribution < -0.4 is 10.1 Å². The first-order valence-corrected chi connectivity index (χ1v) is 6.49. The second kappa shape index (κ2) is 6.52. The maximum Gasteiger partial charge on any atom is 0.310 e. The summed E-state index contributed by atoms with van der Waals surface area (Å²) in [6.45, 7) is 7.88. The number of ether oxygens (including phenoxy) is 1. The zero-order chi connectivity index (χ0) is 14.6. The largest absolute Gasteiger partial charge is 0.484 e. The quantitative estimate of drug-likeness (QED) is 0.634. The van der Waals surface area contributed by atoms with Crippen molar-refractivity contribution < 1.29 is 9.66 Å². The van der Waals surface area contributed by atoms with Gasteiger partial charge in [-0.15, -0.1) is 0 Å². The van der Waals surface area contributed by atoms with Gasteiger partial charge in [-0.1, -0.05) is 13.0 Å². The van der Waals surface area contributed by atoms with Crippen LogP contribution in [0, 0.1) is 10.1 Å². The van der Waals surface area contributed by atoms with Crippen molar-refractivity contribution in [2.75, 3.05) is 7.05 Å². The molecule has 19 heavy (non-hydrogen) atoms. The van der Waals surface area contributed by atoms with Gasteiger partial charge in [-0.2, -0.15) is 0 Å². The molecule has 2 unspecified atom stereocenters. The summed E-state index contributed by atoms with van der Waals surface area (Å²) in [7, 11) is 1.90.